The quantitative estimate of drug-likeness (QED) is 0.541. The van der Waals surface area contributed by atoms with Crippen LogP contribution in [0.3, 0.4) is 0 Å². The summed E-state index contributed by atoms with van der Waals surface area (Å²) >= 11 is -1.74. The van der Waals surface area contributed by atoms with E-state index in [1.807, 2.05) is 14.1 Å². The zero-order valence-corrected chi connectivity index (χ0v) is 18.5. The Bertz CT molecular complexity index is 584. The molecule has 0 unspecified atom stereocenters. The minimum absolute atomic E-state index is 1.34. The molecule has 0 aliphatic rings. The van der Waals surface area contributed by atoms with Gasteiger partial charge in [0.05, 0.1) is 0 Å². The first-order valence-electron chi connectivity index (χ1n) is 8.85. The predicted molar refractivity (Wildman–Crippen MR) is 105 cm³/mol. The molecule has 0 aliphatic carbocycles. The molecule has 0 bridgehead atoms. The molecular formula is C23H28NNd. The van der Waals surface area contributed by atoms with Gasteiger partial charge in [-0.2, -0.15) is 0 Å². The van der Waals surface area contributed by atoms with Crippen LogP contribution < -0.4 is 5.32 Å². The van der Waals surface area contributed by atoms with Crippen LogP contribution in [0.2, 0.25) is 0 Å². The van der Waals surface area contributed by atoms with Crippen LogP contribution in [0, 0.1) is 34.6 Å². The summed E-state index contributed by atoms with van der Waals surface area (Å²) < 4.78 is 4.03. The van der Waals surface area contributed by atoms with E-state index in [0.29, 0.717) is 0 Å². The fourth-order valence-electron chi connectivity index (χ4n) is 2.84. The van der Waals surface area contributed by atoms with Gasteiger partial charge in [0.25, 0.3) is 0 Å². The van der Waals surface area contributed by atoms with Gasteiger partial charge in [0.1, 0.15) is 0 Å². The molecule has 0 saturated carbocycles. The van der Waals surface area contributed by atoms with Crippen LogP contribution in [0.15, 0.2) is 91.0 Å². The van der Waals surface area contributed by atoms with Crippen molar-refractivity contribution in [2.24, 2.45) is 0 Å². The van der Waals surface area contributed by atoms with Gasteiger partial charge in [-0.05, 0) is 14.1 Å². The molecule has 3 aromatic rings. The van der Waals surface area contributed by atoms with Crippen molar-refractivity contribution < 1.29 is 34.6 Å². The van der Waals surface area contributed by atoms with Gasteiger partial charge in [0.2, 0.25) is 0 Å². The van der Waals surface area contributed by atoms with E-state index in [-0.39, 0.29) is 0 Å². The molecule has 2 heteroatoms. The molecule has 1 N–H and O–H groups in total. The van der Waals surface area contributed by atoms with Crippen LogP contribution in [-0.4, -0.2) is 14.1 Å². The van der Waals surface area contributed by atoms with Crippen molar-refractivity contribution in [3.63, 3.8) is 0 Å². The Morgan fingerprint density at radius 2 is 0.760 bits per heavy atom. The zero-order valence-electron chi connectivity index (χ0n) is 15.3. The number of benzene rings is 3. The molecule has 0 spiro atoms. The average Bonchev–Trinajstić information content (AvgIpc) is 2.65. The molecule has 0 saturated heterocycles. The summed E-state index contributed by atoms with van der Waals surface area (Å²) in [6.07, 6.45) is 0. The third-order valence-corrected chi connectivity index (χ3v) is 12.6. The Balaban J connectivity index is 0.000000701. The number of rotatable bonds is 6. The topological polar surface area (TPSA) is 12.0 Å². The molecule has 0 heterocycles. The van der Waals surface area contributed by atoms with E-state index in [4.69, 9.17) is 0 Å². The van der Waals surface area contributed by atoms with Crippen molar-refractivity contribution in [1.82, 2.24) is 5.32 Å². The summed E-state index contributed by atoms with van der Waals surface area (Å²) in [5, 5.41) is 2.75. The van der Waals surface area contributed by atoms with Crippen molar-refractivity contribution in [3.8, 4) is 0 Å². The van der Waals surface area contributed by atoms with E-state index in [2.05, 4.69) is 96.3 Å². The second kappa shape index (κ2) is 12.3. The van der Waals surface area contributed by atoms with E-state index < -0.39 is 34.6 Å². The molecule has 1 nitrogen and oxygen atoms in total. The molecule has 0 fully saturated rings. The van der Waals surface area contributed by atoms with Gasteiger partial charge >= 0.3 is 149 Å². The van der Waals surface area contributed by atoms with Gasteiger partial charge in [-0.1, -0.05) is 0 Å². The normalized spacial score (nSPS) is 9.84. The molecule has 0 aromatic heterocycles. The second-order valence-corrected chi connectivity index (χ2v) is 14.5. The van der Waals surface area contributed by atoms with Gasteiger partial charge in [0.15, 0.2) is 0 Å². The Morgan fingerprint density at radius 3 is 1.00 bits per heavy atom. The van der Waals surface area contributed by atoms with Crippen molar-refractivity contribution in [2.75, 3.05) is 14.1 Å². The average molecular weight is 463 g/mol. The molecule has 3 rings (SSSR count). The summed E-state index contributed by atoms with van der Waals surface area (Å²) in [5.74, 6) is 0. The van der Waals surface area contributed by atoms with Crippen LogP contribution in [0.5, 0.6) is 0 Å². The summed E-state index contributed by atoms with van der Waals surface area (Å²) in [7, 11) is 3.75. The summed E-state index contributed by atoms with van der Waals surface area (Å²) in [5.41, 5.74) is 4.57. The van der Waals surface area contributed by atoms with E-state index in [0.717, 1.165) is 0 Å². The Kier molecular flexibility index (Phi) is 10.0. The van der Waals surface area contributed by atoms with Crippen LogP contribution >= 0.6 is 0 Å². The van der Waals surface area contributed by atoms with E-state index in [1.54, 1.807) is 0 Å². The molecular weight excluding hydrogens is 435 g/mol. The zero-order chi connectivity index (χ0) is 17.7. The summed E-state index contributed by atoms with van der Waals surface area (Å²) in [4.78, 5) is 0. The molecule has 0 radical (unpaired) electrons. The monoisotopic (exact) mass is 460 g/mol. The minimum atomic E-state index is -1.74. The maximum atomic E-state index is 2.75. The van der Waals surface area contributed by atoms with Gasteiger partial charge in [-0.3, -0.25) is 0 Å². The standard InChI is InChI=1S/3C7H7.C2H7N.Nd/c3*1-7-5-3-2-4-6-7;1-3-2;/h3*2-6H,1H2;3H,1-2H3;. The van der Waals surface area contributed by atoms with E-state index >= 15 is 0 Å². The SMILES string of the molecule is CNC.c1ccc([CH2][Nd]([CH2]c2ccccc2)[CH2]c2ccccc2)cc1. The summed E-state index contributed by atoms with van der Waals surface area (Å²) in [6.45, 7) is 0. The van der Waals surface area contributed by atoms with Crippen molar-refractivity contribution in [3.05, 3.63) is 108 Å². The Hall–Kier alpha value is -1.03. The Morgan fingerprint density at radius 1 is 0.520 bits per heavy atom. The first-order chi connectivity index (χ1) is 12.3. The molecule has 25 heavy (non-hydrogen) atoms. The van der Waals surface area contributed by atoms with Crippen molar-refractivity contribution in [2.45, 2.75) is 6.21 Å². The molecule has 129 valence electrons. The maximum absolute atomic E-state index is 2.75. The van der Waals surface area contributed by atoms with Gasteiger partial charge in [0, 0.05) is 0 Å². The third kappa shape index (κ3) is 8.26. The first-order valence-corrected chi connectivity index (χ1v) is 15.7. The Labute approximate surface area is 166 Å². The fraction of sp³-hybridized carbons (Fsp3) is 0.217. The van der Waals surface area contributed by atoms with E-state index in [9.17, 15) is 0 Å². The number of hydrogen-bond acceptors (Lipinski definition) is 1. The van der Waals surface area contributed by atoms with Crippen LogP contribution in [0.4, 0.5) is 0 Å². The first kappa shape index (κ1) is 20.3. The second-order valence-electron chi connectivity index (χ2n) is 6.24. The van der Waals surface area contributed by atoms with E-state index in [1.165, 1.54) is 22.9 Å². The van der Waals surface area contributed by atoms with Gasteiger partial charge in [-0.15, -0.1) is 0 Å². The van der Waals surface area contributed by atoms with Crippen molar-refractivity contribution >= 4 is 0 Å². The number of hydrogen-bond donors (Lipinski definition) is 1. The van der Waals surface area contributed by atoms with Crippen LogP contribution in [0.1, 0.15) is 16.7 Å². The molecule has 0 atom stereocenters. The third-order valence-electron chi connectivity index (χ3n) is 3.89. The summed E-state index contributed by atoms with van der Waals surface area (Å²) in [6, 6.07) is 33.1. The number of nitrogens with one attached hydrogen (secondary N) is 1. The van der Waals surface area contributed by atoms with Crippen LogP contribution in [-0.2, 0) is 6.21 Å². The van der Waals surface area contributed by atoms with Crippen molar-refractivity contribution in [1.29, 1.82) is 0 Å². The predicted octanol–water partition coefficient (Wildman–Crippen LogP) is 5.04. The van der Waals surface area contributed by atoms with Gasteiger partial charge in [-0.25, -0.2) is 0 Å². The molecule has 0 amide bonds. The molecule has 0 aliphatic heterocycles. The fourth-order valence-corrected chi connectivity index (χ4v) is 11.9. The van der Waals surface area contributed by atoms with Gasteiger partial charge < -0.3 is 5.32 Å². The molecule has 3 aromatic carbocycles. The van der Waals surface area contributed by atoms with Crippen LogP contribution in [0.25, 0.3) is 0 Å².